The number of carbonyl (C=O) groups excluding carboxylic acids is 2. The highest BCUT2D eigenvalue weighted by Crippen LogP contribution is 2.26. The highest BCUT2D eigenvalue weighted by atomic mass is 127. The van der Waals surface area contributed by atoms with E-state index >= 15 is 0 Å². The van der Waals surface area contributed by atoms with Gasteiger partial charge in [-0.05, 0) is 67.6 Å². The van der Waals surface area contributed by atoms with Crippen molar-refractivity contribution >= 4 is 40.1 Å². The molecule has 1 heterocycles. The minimum absolute atomic E-state index is 0.0558. The molecule has 0 aromatic heterocycles. The fourth-order valence-corrected chi connectivity index (χ4v) is 2.67. The minimum Gasteiger partial charge on any atom is -0.337 e. The first kappa shape index (κ1) is 15.3. The van der Waals surface area contributed by atoms with Crippen molar-refractivity contribution in [3.8, 4) is 0 Å². The fourth-order valence-electron chi connectivity index (χ4n) is 2.31. The molecule has 0 bridgehead atoms. The van der Waals surface area contributed by atoms with Gasteiger partial charge in [0.25, 0.3) is 0 Å². The number of nitrogens with one attached hydrogen (secondary N) is 1. The van der Waals surface area contributed by atoms with Gasteiger partial charge in [-0.15, -0.1) is 0 Å². The Labute approximate surface area is 133 Å². The Balaban J connectivity index is 2.01. The summed E-state index contributed by atoms with van der Waals surface area (Å²) in [4.78, 5) is 26.0. The van der Waals surface area contributed by atoms with E-state index in [1.165, 1.54) is 0 Å². The zero-order valence-corrected chi connectivity index (χ0v) is 14.1. The number of amides is 2. The van der Waals surface area contributed by atoms with Gasteiger partial charge in [-0.2, -0.15) is 0 Å². The van der Waals surface area contributed by atoms with Crippen LogP contribution >= 0.6 is 22.6 Å². The number of likely N-dealkylation sites (tertiary alicyclic amines) is 1. The maximum absolute atomic E-state index is 12.2. The van der Waals surface area contributed by atoms with Crippen molar-refractivity contribution in [2.45, 2.75) is 32.7 Å². The van der Waals surface area contributed by atoms with Crippen LogP contribution in [-0.4, -0.2) is 28.8 Å². The van der Waals surface area contributed by atoms with Crippen LogP contribution in [0, 0.1) is 9.49 Å². The van der Waals surface area contributed by atoms with Gasteiger partial charge in [0.05, 0.1) is 5.92 Å². The van der Waals surface area contributed by atoms with Crippen LogP contribution in [0.2, 0.25) is 0 Å². The number of benzene rings is 1. The standard InChI is InChI=1S/C15H19IN2O2/c1-15(2,3)18-9-10(8-13(18)19)14(20)17-12-6-4-11(16)5-7-12/h4-7,10H,8-9H2,1-3H3,(H,17,20). The molecule has 2 rings (SSSR count). The van der Waals surface area contributed by atoms with E-state index in [0.717, 1.165) is 9.26 Å². The van der Waals surface area contributed by atoms with E-state index in [1.807, 2.05) is 45.0 Å². The molecule has 1 aliphatic heterocycles. The van der Waals surface area contributed by atoms with Crippen molar-refractivity contribution in [2.24, 2.45) is 5.92 Å². The van der Waals surface area contributed by atoms with E-state index in [2.05, 4.69) is 27.9 Å². The topological polar surface area (TPSA) is 49.4 Å². The first-order valence-corrected chi connectivity index (χ1v) is 7.72. The molecule has 1 N–H and O–H groups in total. The van der Waals surface area contributed by atoms with Gasteiger partial charge in [-0.3, -0.25) is 9.59 Å². The predicted molar refractivity (Wildman–Crippen MR) is 87.4 cm³/mol. The molecule has 1 saturated heterocycles. The Kier molecular flexibility index (Phi) is 4.36. The first-order valence-electron chi connectivity index (χ1n) is 6.64. The quantitative estimate of drug-likeness (QED) is 0.795. The molecule has 2 amide bonds. The van der Waals surface area contributed by atoms with Gasteiger partial charge in [0.2, 0.25) is 11.8 Å². The highest BCUT2D eigenvalue weighted by molar-refractivity contribution is 14.1. The Hall–Kier alpha value is -1.11. The Bertz CT molecular complexity index is 520. The zero-order valence-electron chi connectivity index (χ0n) is 11.9. The van der Waals surface area contributed by atoms with Crippen LogP contribution in [0.3, 0.4) is 0 Å². The maximum Gasteiger partial charge on any atom is 0.229 e. The van der Waals surface area contributed by atoms with E-state index in [-0.39, 0.29) is 23.3 Å². The van der Waals surface area contributed by atoms with E-state index in [1.54, 1.807) is 4.90 Å². The summed E-state index contributed by atoms with van der Waals surface area (Å²) in [6.07, 6.45) is 0.299. The third-order valence-electron chi connectivity index (χ3n) is 3.42. The molecule has 1 unspecified atom stereocenters. The van der Waals surface area contributed by atoms with E-state index in [0.29, 0.717) is 13.0 Å². The van der Waals surface area contributed by atoms with Crippen molar-refractivity contribution in [2.75, 3.05) is 11.9 Å². The normalized spacial score (nSPS) is 19.3. The van der Waals surface area contributed by atoms with Gasteiger partial charge in [-0.1, -0.05) is 0 Å². The van der Waals surface area contributed by atoms with Crippen molar-refractivity contribution in [3.63, 3.8) is 0 Å². The van der Waals surface area contributed by atoms with E-state index in [4.69, 9.17) is 0 Å². The molecule has 0 saturated carbocycles. The van der Waals surface area contributed by atoms with E-state index < -0.39 is 0 Å². The van der Waals surface area contributed by atoms with Gasteiger partial charge in [-0.25, -0.2) is 0 Å². The van der Waals surface area contributed by atoms with Crippen molar-refractivity contribution in [3.05, 3.63) is 27.8 Å². The Morgan fingerprint density at radius 3 is 2.40 bits per heavy atom. The molecule has 1 fully saturated rings. The van der Waals surface area contributed by atoms with Crippen LogP contribution in [0.25, 0.3) is 0 Å². The number of nitrogens with zero attached hydrogens (tertiary/aromatic N) is 1. The van der Waals surface area contributed by atoms with Crippen LogP contribution in [0.15, 0.2) is 24.3 Å². The monoisotopic (exact) mass is 386 g/mol. The highest BCUT2D eigenvalue weighted by Gasteiger charge is 2.39. The van der Waals surface area contributed by atoms with Gasteiger partial charge < -0.3 is 10.2 Å². The molecule has 4 nitrogen and oxygen atoms in total. The van der Waals surface area contributed by atoms with Crippen LogP contribution in [0.4, 0.5) is 5.69 Å². The second-order valence-electron chi connectivity index (χ2n) is 6.07. The summed E-state index contributed by atoms with van der Waals surface area (Å²) in [5.41, 5.74) is 0.548. The third kappa shape index (κ3) is 3.50. The molecule has 108 valence electrons. The molecule has 0 radical (unpaired) electrons. The van der Waals surface area contributed by atoms with Gasteiger partial charge in [0.1, 0.15) is 0 Å². The molecule has 0 aliphatic carbocycles. The molecule has 20 heavy (non-hydrogen) atoms. The molecule has 1 atom stereocenters. The SMILES string of the molecule is CC(C)(C)N1CC(C(=O)Nc2ccc(I)cc2)CC1=O. The first-order chi connectivity index (χ1) is 9.27. The van der Waals surface area contributed by atoms with Gasteiger partial charge in [0.15, 0.2) is 0 Å². The number of hydrogen-bond donors (Lipinski definition) is 1. The number of anilines is 1. The molecular weight excluding hydrogens is 367 g/mol. The fraction of sp³-hybridized carbons (Fsp3) is 0.467. The summed E-state index contributed by atoms with van der Waals surface area (Å²) in [6, 6.07) is 7.63. The minimum atomic E-state index is -0.263. The summed E-state index contributed by atoms with van der Waals surface area (Å²) in [5, 5.41) is 2.88. The second-order valence-corrected chi connectivity index (χ2v) is 7.32. The third-order valence-corrected chi connectivity index (χ3v) is 4.14. The Morgan fingerprint density at radius 2 is 1.90 bits per heavy atom. The lowest BCUT2D eigenvalue weighted by Gasteiger charge is -2.31. The van der Waals surface area contributed by atoms with Crippen LogP contribution < -0.4 is 5.32 Å². The lowest BCUT2D eigenvalue weighted by atomic mass is 10.1. The van der Waals surface area contributed by atoms with Crippen molar-refractivity contribution in [1.29, 1.82) is 0 Å². The summed E-state index contributed by atoms with van der Waals surface area (Å²) >= 11 is 2.22. The molecule has 1 aromatic carbocycles. The molecule has 0 spiro atoms. The van der Waals surface area contributed by atoms with Crippen LogP contribution in [0.5, 0.6) is 0 Å². The summed E-state index contributed by atoms with van der Waals surface area (Å²) < 4.78 is 1.12. The van der Waals surface area contributed by atoms with Crippen LogP contribution in [-0.2, 0) is 9.59 Å². The number of halogens is 1. The summed E-state index contributed by atoms with van der Waals surface area (Å²) in [5.74, 6) is -0.285. The summed E-state index contributed by atoms with van der Waals surface area (Å²) in [7, 11) is 0. The molecular formula is C15H19IN2O2. The van der Waals surface area contributed by atoms with E-state index in [9.17, 15) is 9.59 Å². The van der Waals surface area contributed by atoms with Crippen molar-refractivity contribution < 1.29 is 9.59 Å². The molecule has 1 aliphatic rings. The number of hydrogen-bond acceptors (Lipinski definition) is 2. The largest absolute Gasteiger partial charge is 0.337 e. The smallest absolute Gasteiger partial charge is 0.229 e. The molecule has 5 heteroatoms. The number of rotatable bonds is 2. The average Bonchev–Trinajstić information content (AvgIpc) is 2.74. The molecule has 1 aromatic rings. The predicted octanol–water partition coefficient (Wildman–Crippen LogP) is 2.88. The van der Waals surface area contributed by atoms with Gasteiger partial charge in [0, 0.05) is 27.8 Å². The van der Waals surface area contributed by atoms with Gasteiger partial charge >= 0.3 is 0 Å². The Morgan fingerprint density at radius 1 is 1.30 bits per heavy atom. The lowest BCUT2D eigenvalue weighted by molar-refractivity contribution is -0.131. The summed E-state index contributed by atoms with van der Waals surface area (Å²) in [6.45, 7) is 6.47. The zero-order chi connectivity index (χ0) is 14.9. The number of carbonyl (C=O) groups is 2. The van der Waals surface area contributed by atoms with Crippen LogP contribution in [0.1, 0.15) is 27.2 Å². The average molecular weight is 386 g/mol. The van der Waals surface area contributed by atoms with Crippen molar-refractivity contribution in [1.82, 2.24) is 4.90 Å². The lowest BCUT2D eigenvalue weighted by Crippen LogP contribution is -2.42. The second kappa shape index (κ2) is 5.71. The maximum atomic E-state index is 12.2.